The van der Waals surface area contributed by atoms with Crippen LogP contribution in [0.4, 0.5) is 0 Å². The molecule has 4 heteroatoms. The van der Waals surface area contributed by atoms with Crippen molar-refractivity contribution in [3.05, 3.63) is 28.8 Å². The minimum atomic E-state index is -0.302. The van der Waals surface area contributed by atoms with Crippen molar-refractivity contribution in [3.63, 3.8) is 0 Å². The Kier molecular flexibility index (Phi) is 4.69. The Bertz CT molecular complexity index is 424. The molecule has 0 aliphatic rings. The highest BCUT2D eigenvalue weighted by Crippen LogP contribution is 2.23. The number of benzene rings is 1. The molecule has 4 nitrogen and oxygen atoms in total. The SMILES string of the molecule is CCOC(=O)Cc1cc(C)c(C=O)cc1OC. The fraction of sp³-hybridized carbons (Fsp3) is 0.385. The number of hydrogen-bond acceptors (Lipinski definition) is 4. The molecule has 0 spiro atoms. The van der Waals surface area contributed by atoms with E-state index >= 15 is 0 Å². The zero-order chi connectivity index (χ0) is 12.8. The standard InChI is InChI=1S/C13H16O4/c1-4-17-13(15)7-10-5-9(2)11(8-14)6-12(10)16-3/h5-6,8H,4,7H2,1-3H3. The van der Waals surface area contributed by atoms with Crippen molar-refractivity contribution in [2.75, 3.05) is 13.7 Å². The molecule has 0 radical (unpaired) electrons. The van der Waals surface area contributed by atoms with E-state index < -0.39 is 0 Å². The molecule has 1 aromatic rings. The largest absolute Gasteiger partial charge is 0.496 e. The van der Waals surface area contributed by atoms with Gasteiger partial charge in [-0.15, -0.1) is 0 Å². The zero-order valence-electron chi connectivity index (χ0n) is 10.3. The number of ether oxygens (including phenoxy) is 2. The molecule has 0 N–H and O–H groups in total. The summed E-state index contributed by atoms with van der Waals surface area (Å²) in [5.41, 5.74) is 2.11. The highest BCUT2D eigenvalue weighted by atomic mass is 16.5. The minimum Gasteiger partial charge on any atom is -0.496 e. The number of carbonyl (C=O) groups is 2. The van der Waals surface area contributed by atoms with Gasteiger partial charge in [-0.2, -0.15) is 0 Å². The van der Waals surface area contributed by atoms with Crippen LogP contribution in [0.5, 0.6) is 5.75 Å². The van der Waals surface area contributed by atoms with E-state index in [9.17, 15) is 9.59 Å². The number of rotatable bonds is 5. The molecule has 0 aromatic heterocycles. The molecule has 0 atom stereocenters. The molecule has 0 amide bonds. The maximum Gasteiger partial charge on any atom is 0.310 e. The summed E-state index contributed by atoms with van der Waals surface area (Å²) >= 11 is 0. The van der Waals surface area contributed by atoms with Crippen molar-refractivity contribution < 1.29 is 19.1 Å². The van der Waals surface area contributed by atoms with Gasteiger partial charge >= 0.3 is 5.97 Å². The molecule has 0 aliphatic carbocycles. The van der Waals surface area contributed by atoms with E-state index in [4.69, 9.17) is 9.47 Å². The Morgan fingerprint density at radius 1 is 1.41 bits per heavy atom. The minimum absolute atomic E-state index is 0.150. The van der Waals surface area contributed by atoms with E-state index in [0.717, 1.165) is 17.4 Å². The highest BCUT2D eigenvalue weighted by molar-refractivity contribution is 5.80. The second-order valence-electron chi connectivity index (χ2n) is 3.62. The van der Waals surface area contributed by atoms with E-state index in [1.54, 1.807) is 19.1 Å². The van der Waals surface area contributed by atoms with Gasteiger partial charge in [0.2, 0.25) is 0 Å². The number of aryl methyl sites for hydroxylation is 1. The van der Waals surface area contributed by atoms with Crippen LogP contribution in [0, 0.1) is 6.92 Å². The van der Waals surface area contributed by atoms with Crippen LogP contribution in [0.2, 0.25) is 0 Å². The van der Waals surface area contributed by atoms with Gasteiger partial charge in [0.05, 0.1) is 20.1 Å². The second kappa shape index (κ2) is 6.03. The van der Waals surface area contributed by atoms with Crippen LogP contribution in [-0.4, -0.2) is 26.0 Å². The van der Waals surface area contributed by atoms with Crippen molar-refractivity contribution in [1.29, 1.82) is 0 Å². The summed E-state index contributed by atoms with van der Waals surface area (Å²) in [5, 5.41) is 0. The number of carbonyl (C=O) groups excluding carboxylic acids is 2. The Labute approximate surface area is 101 Å². The number of esters is 1. The first-order valence-corrected chi connectivity index (χ1v) is 5.40. The maximum absolute atomic E-state index is 11.4. The summed E-state index contributed by atoms with van der Waals surface area (Å²) < 4.78 is 10.0. The fourth-order valence-electron chi connectivity index (χ4n) is 1.59. The molecule has 0 saturated heterocycles. The summed E-state index contributed by atoms with van der Waals surface area (Å²) in [4.78, 5) is 22.2. The van der Waals surface area contributed by atoms with Crippen molar-refractivity contribution >= 4 is 12.3 Å². The predicted octanol–water partition coefficient (Wildman–Crippen LogP) is 1.92. The van der Waals surface area contributed by atoms with Gasteiger partial charge in [-0.25, -0.2) is 0 Å². The predicted molar refractivity (Wildman–Crippen MR) is 63.5 cm³/mol. The molecule has 0 heterocycles. The molecule has 1 aromatic carbocycles. The van der Waals surface area contributed by atoms with Gasteiger partial charge in [-0.05, 0) is 25.5 Å². The maximum atomic E-state index is 11.4. The average Bonchev–Trinajstić information content (AvgIpc) is 2.29. The number of aldehydes is 1. The summed E-state index contributed by atoms with van der Waals surface area (Å²) in [5.74, 6) is 0.231. The quantitative estimate of drug-likeness (QED) is 0.579. The summed E-state index contributed by atoms with van der Waals surface area (Å²) in [6, 6.07) is 3.41. The third kappa shape index (κ3) is 3.31. The topological polar surface area (TPSA) is 52.6 Å². The lowest BCUT2D eigenvalue weighted by atomic mass is 10.0. The van der Waals surface area contributed by atoms with E-state index in [1.807, 2.05) is 6.92 Å². The third-order valence-electron chi connectivity index (χ3n) is 2.44. The van der Waals surface area contributed by atoms with Crippen molar-refractivity contribution in [2.45, 2.75) is 20.3 Å². The van der Waals surface area contributed by atoms with Gasteiger partial charge in [0, 0.05) is 11.1 Å². The first kappa shape index (κ1) is 13.2. The van der Waals surface area contributed by atoms with E-state index in [2.05, 4.69) is 0 Å². The lowest BCUT2D eigenvalue weighted by molar-refractivity contribution is -0.142. The van der Waals surface area contributed by atoms with Crippen LogP contribution >= 0.6 is 0 Å². The van der Waals surface area contributed by atoms with E-state index in [-0.39, 0.29) is 12.4 Å². The van der Waals surface area contributed by atoms with Gasteiger partial charge in [0.1, 0.15) is 12.0 Å². The molecule has 17 heavy (non-hydrogen) atoms. The second-order valence-corrected chi connectivity index (χ2v) is 3.62. The summed E-state index contributed by atoms with van der Waals surface area (Å²) in [6.45, 7) is 3.93. The summed E-state index contributed by atoms with van der Waals surface area (Å²) in [6.07, 6.45) is 0.920. The van der Waals surface area contributed by atoms with Gasteiger partial charge in [-0.3, -0.25) is 9.59 Å². The van der Waals surface area contributed by atoms with Gasteiger partial charge in [0.15, 0.2) is 0 Å². The Balaban J connectivity index is 3.02. The fourth-order valence-corrected chi connectivity index (χ4v) is 1.59. The first-order chi connectivity index (χ1) is 8.12. The normalized spacial score (nSPS) is 9.82. The van der Waals surface area contributed by atoms with Crippen LogP contribution in [0.1, 0.15) is 28.4 Å². The zero-order valence-corrected chi connectivity index (χ0v) is 10.3. The van der Waals surface area contributed by atoms with E-state index in [0.29, 0.717) is 17.9 Å². The average molecular weight is 236 g/mol. The molecule has 0 aliphatic heterocycles. The van der Waals surface area contributed by atoms with Crippen molar-refractivity contribution in [1.82, 2.24) is 0 Å². The van der Waals surface area contributed by atoms with Gasteiger partial charge in [-0.1, -0.05) is 6.07 Å². The lowest BCUT2D eigenvalue weighted by Gasteiger charge is -2.10. The van der Waals surface area contributed by atoms with Crippen molar-refractivity contribution in [2.24, 2.45) is 0 Å². The van der Waals surface area contributed by atoms with Gasteiger partial charge in [0.25, 0.3) is 0 Å². The molecular weight excluding hydrogens is 220 g/mol. The lowest BCUT2D eigenvalue weighted by Crippen LogP contribution is -2.09. The smallest absolute Gasteiger partial charge is 0.310 e. The molecule has 0 bridgehead atoms. The Morgan fingerprint density at radius 3 is 2.65 bits per heavy atom. The van der Waals surface area contributed by atoms with Crippen LogP contribution < -0.4 is 4.74 Å². The van der Waals surface area contributed by atoms with Crippen molar-refractivity contribution in [3.8, 4) is 5.75 Å². The molecule has 92 valence electrons. The monoisotopic (exact) mass is 236 g/mol. The first-order valence-electron chi connectivity index (χ1n) is 5.40. The summed E-state index contributed by atoms with van der Waals surface area (Å²) in [7, 11) is 1.51. The Hall–Kier alpha value is -1.84. The molecular formula is C13H16O4. The number of methoxy groups -OCH3 is 1. The molecule has 0 unspecified atom stereocenters. The molecule has 0 saturated carbocycles. The van der Waals surface area contributed by atoms with E-state index in [1.165, 1.54) is 7.11 Å². The van der Waals surface area contributed by atoms with Crippen LogP contribution in [-0.2, 0) is 16.0 Å². The molecule has 1 rings (SSSR count). The van der Waals surface area contributed by atoms with Gasteiger partial charge < -0.3 is 9.47 Å². The van der Waals surface area contributed by atoms with Crippen LogP contribution in [0.25, 0.3) is 0 Å². The highest BCUT2D eigenvalue weighted by Gasteiger charge is 2.12. The molecule has 0 fully saturated rings. The number of hydrogen-bond donors (Lipinski definition) is 0. The van der Waals surface area contributed by atoms with Crippen LogP contribution in [0.15, 0.2) is 12.1 Å². The van der Waals surface area contributed by atoms with Crippen LogP contribution in [0.3, 0.4) is 0 Å². The Morgan fingerprint density at radius 2 is 2.12 bits per heavy atom. The third-order valence-corrected chi connectivity index (χ3v) is 2.44.